The third-order valence-corrected chi connectivity index (χ3v) is 9.48. The second-order valence-electron chi connectivity index (χ2n) is 11.0. The average Bonchev–Trinajstić information content (AvgIpc) is 3.42. The Kier molecular flexibility index (Phi) is 6.51. The number of allylic oxidation sites excluding steroid dienone is 2. The highest BCUT2D eigenvalue weighted by atomic mass is 16.2. The van der Waals surface area contributed by atoms with Crippen molar-refractivity contribution in [3.8, 4) is 0 Å². The van der Waals surface area contributed by atoms with Crippen LogP contribution in [0.15, 0.2) is 60.7 Å². The van der Waals surface area contributed by atoms with Crippen molar-refractivity contribution < 1.29 is 19.2 Å². The maximum absolute atomic E-state index is 13.8. The molecule has 208 valence electrons. The fourth-order valence-corrected chi connectivity index (χ4v) is 7.54. The SMILES string of the molecule is CCN(CC)c1ccc(N2C(=O)[C@@H]3C4C=CC([C@@H]3C2=O)[C@@H]2C(=O)N(c3ccc(N(CC)CC)cc3)C(=O)[C@H]42)cc1. The molecule has 2 aliphatic heterocycles. The zero-order valence-corrected chi connectivity index (χ0v) is 23.5. The van der Waals surface area contributed by atoms with Crippen molar-refractivity contribution in [3.05, 3.63) is 60.7 Å². The lowest BCUT2D eigenvalue weighted by molar-refractivity contribution is -0.137. The van der Waals surface area contributed by atoms with Gasteiger partial charge in [-0.3, -0.25) is 29.0 Å². The predicted octanol–water partition coefficient (Wildman–Crippen LogP) is 4.11. The third-order valence-electron chi connectivity index (χ3n) is 9.48. The van der Waals surface area contributed by atoms with Crippen LogP contribution in [-0.4, -0.2) is 49.8 Å². The molecule has 5 aliphatic rings. The Morgan fingerprint density at radius 2 is 0.775 bits per heavy atom. The molecule has 3 aliphatic carbocycles. The molecule has 0 radical (unpaired) electrons. The minimum absolute atomic E-state index is 0.273. The molecule has 4 atom stereocenters. The van der Waals surface area contributed by atoms with E-state index in [9.17, 15) is 19.2 Å². The van der Waals surface area contributed by atoms with E-state index in [2.05, 4.69) is 37.5 Å². The lowest BCUT2D eigenvalue weighted by atomic mass is 9.54. The van der Waals surface area contributed by atoms with Gasteiger partial charge in [-0.05, 0) is 76.2 Å². The van der Waals surface area contributed by atoms with E-state index in [-0.39, 0.29) is 23.6 Å². The van der Waals surface area contributed by atoms with Gasteiger partial charge in [-0.2, -0.15) is 0 Å². The van der Waals surface area contributed by atoms with E-state index in [0.717, 1.165) is 37.6 Å². The van der Waals surface area contributed by atoms with Crippen molar-refractivity contribution in [2.45, 2.75) is 27.7 Å². The summed E-state index contributed by atoms with van der Waals surface area (Å²) in [6.45, 7) is 11.8. The first-order chi connectivity index (χ1) is 19.4. The second kappa shape index (κ2) is 9.91. The minimum atomic E-state index is -0.632. The first-order valence-electron chi connectivity index (χ1n) is 14.5. The Morgan fingerprint density at radius 3 is 1.02 bits per heavy atom. The van der Waals surface area contributed by atoms with Crippen molar-refractivity contribution in [1.82, 2.24) is 0 Å². The van der Waals surface area contributed by atoms with Crippen LogP contribution in [0.2, 0.25) is 0 Å². The van der Waals surface area contributed by atoms with Gasteiger partial charge in [0, 0.05) is 49.4 Å². The van der Waals surface area contributed by atoms with Crippen molar-refractivity contribution in [3.63, 3.8) is 0 Å². The first-order valence-corrected chi connectivity index (χ1v) is 14.5. The van der Waals surface area contributed by atoms with E-state index in [4.69, 9.17) is 0 Å². The summed E-state index contributed by atoms with van der Waals surface area (Å²) in [4.78, 5) is 62.2. The molecule has 2 heterocycles. The number of hydrogen-bond acceptors (Lipinski definition) is 6. The normalized spacial score (nSPS) is 28.4. The molecule has 0 N–H and O–H groups in total. The molecule has 4 amide bonds. The predicted molar refractivity (Wildman–Crippen MR) is 155 cm³/mol. The number of imide groups is 2. The molecule has 1 saturated carbocycles. The molecule has 7 rings (SSSR count). The largest absolute Gasteiger partial charge is 0.372 e. The Balaban J connectivity index is 1.28. The average molecular weight is 541 g/mol. The van der Waals surface area contributed by atoms with Crippen LogP contribution in [-0.2, 0) is 19.2 Å². The summed E-state index contributed by atoms with van der Waals surface area (Å²) in [6, 6.07) is 15.0. The summed E-state index contributed by atoms with van der Waals surface area (Å²) in [7, 11) is 0. The topological polar surface area (TPSA) is 81.2 Å². The van der Waals surface area contributed by atoms with Gasteiger partial charge in [-0.1, -0.05) is 12.2 Å². The van der Waals surface area contributed by atoms with Gasteiger partial charge in [0.15, 0.2) is 0 Å². The molecular weight excluding hydrogens is 504 g/mol. The smallest absolute Gasteiger partial charge is 0.238 e. The third kappa shape index (κ3) is 3.64. The Bertz CT molecular complexity index is 1230. The van der Waals surface area contributed by atoms with Gasteiger partial charge >= 0.3 is 0 Å². The van der Waals surface area contributed by atoms with Crippen LogP contribution >= 0.6 is 0 Å². The number of anilines is 4. The monoisotopic (exact) mass is 540 g/mol. The highest BCUT2D eigenvalue weighted by molar-refractivity contribution is 6.26. The van der Waals surface area contributed by atoms with Gasteiger partial charge < -0.3 is 9.80 Å². The molecule has 2 aromatic rings. The summed E-state index contributed by atoms with van der Waals surface area (Å²) in [6.07, 6.45) is 3.81. The van der Waals surface area contributed by atoms with Crippen molar-refractivity contribution in [2.75, 3.05) is 45.8 Å². The molecule has 40 heavy (non-hydrogen) atoms. The summed E-state index contributed by atoms with van der Waals surface area (Å²) < 4.78 is 0. The van der Waals surface area contributed by atoms with Crippen molar-refractivity contribution in [2.24, 2.45) is 35.5 Å². The zero-order chi connectivity index (χ0) is 28.3. The number of hydrogen-bond donors (Lipinski definition) is 0. The molecule has 0 aromatic heterocycles. The molecule has 2 saturated heterocycles. The van der Waals surface area contributed by atoms with Gasteiger partial charge in [0.25, 0.3) is 0 Å². The number of carbonyl (C=O) groups excluding carboxylic acids is 4. The minimum Gasteiger partial charge on any atom is -0.372 e. The Hall–Kier alpha value is -3.94. The van der Waals surface area contributed by atoms with Crippen LogP contribution in [0.3, 0.4) is 0 Å². The van der Waals surface area contributed by atoms with Crippen LogP contribution in [0, 0.1) is 35.5 Å². The van der Waals surface area contributed by atoms with Crippen LogP contribution in [0.5, 0.6) is 0 Å². The molecule has 2 bridgehead atoms. The molecule has 0 unspecified atom stereocenters. The lowest BCUT2D eigenvalue weighted by Crippen LogP contribution is -2.50. The fraction of sp³-hybridized carbons (Fsp3) is 0.438. The summed E-state index contributed by atoms with van der Waals surface area (Å²) >= 11 is 0. The number of carbonyl (C=O) groups is 4. The highest BCUT2D eigenvalue weighted by Crippen LogP contribution is 2.58. The van der Waals surface area contributed by atoms with E-state index in [1.54, 1.807) is 0 Å². The fourth-order valence-electron chi connectivity index (χ4n) is 7.54. The number of amides is 4. The number of rotatable bonds is 8. The van der Waals surface area contributed by atoms with Crippen LogP contribution < -0.4 is 19.6 Å². The molecule has 8 heteroatoms. The van der Waals surface area contributed by atoms with Crippen molar-refractivity contribution in [1.29, 1.82) is 0 Å². The number of benzene rings is 2. The Morgan fingerprint density at radius 1 is 0.500 bits per heavy atom. The van der Waals surface area contributed by atoms with Gasteiger partial charge in [-0.15, -0.1) is 0 Å². The lowest BCUT2D eigenvalue weighted by Gasteiger charge is -2.44. The first kappa shape index (κ1) is 26.3. The van der Waals surface area contributed by atoms with E-state index in [1.165, 1.54) is 9.80 Å². The number of nitrogens with zero attached hydrogens (tertiary/aromatic N) is 4. The van der Waals surface area contributed by atoms with E-state index in [1.807, 2.05) is 60.7 Å². The molecule has 0 spiro atoms. The molecular formula is C32H36N4O4. The maximum Gasteiger partial charge on any atom is 0.238 e. The van der Waals surface area contributed by atoms with E-state index >= 15 is 0 Å². The quantitative estimate of drug-likeness (QED) is 0.370. The van der Waals surface area contributed by atoms with Gasteiger partial charge in [-0.25, -0.2) is 0 Å². The van der Waals surface area contributed by atoms with E-state index < -0.39 is 35.5 Å². The summed E-state index contributed by atoms with van der Waals surface area (Å²) in [5.41, 5.74) is 3.14. The van der Waals surface area contributed by atoms with Gasteiger partial charge in [0.05, 0.1) is 35.0 Å². The van der Waals surface area contributed by atoms with Crippen LogP contribution in [0.4, 0.5) is 22.7 Å². The van der Waals surface area contributed by atoms with Crippen LogP contribution in [0.1, 0.15) is 27.7 Å². The van der Waals surface area contributed by atoms with Gasteiger partial charge in [0.2, 0.25) is 23.6 Å². The summed E-state index contributed by atoms with van der Waals surface area (Å²) in [5, 5.41) is 0. The molecule has 2 aromatic carbocycles. The van der Waals surface area contributed by atoms with Gasteiger partial charge in [0.1, 0.15) is 0 Å². The zero-order valence-electron chi connectivity index (χ0n) is 23.5. The standard InChI is InChI=1S/C32H36N4O4/c1-5-33(6-2)19-9-13-21(14-10-19)35-29(37)25-23-17-18-24(26(25)30(35)38)28-27(23)31(39)36(32(28)40)22-15-11-20(12-16-22)34(7-3)8-4/h9-18,23-28H,5-8H2,1-4H3/t23?,24?,25-,26+,27-,28+. The Labute approximate surface area is 235 Å². The highest BCUT2D eigenvalue weighted by Gasteiger charge is 2.68. The molecule has 3 fully saturated rings. The van der Waals surface area contributed by atoms with E-state index in [0.29, 0.717) is 11.4 Å². The van der Waals surface area contributed by atoms with Crippen LogP contribution in [0.25, 0.3) is 0 Å². The van der Waals surface area contributed by atoms with Crippen molar-refractivity contribution >= 4 is 46.4 Å². The maximum atomic E-state index is 13.8. The summed E-state index contributed by atoms with van der Waals surface area (Å²) in [5.74, 6) is -4.57. The second-order valence-corrected chi connectivity index (χ2v) is 11.0. The molecule has 8 nitrogen and oxygen atoms in total.